The van der Waals surface area contributed by atoms with Gasteiger partial charge in [0.25, 0.3) is 5.56 Å². The summed E-state index contributed by atoms with van der Waals surface area (Å²) in [6, 6.07) is 13.1. The zero-order valence-electron chi connectivity index (χ0n) is 17.0. The maximum atomic E-state index is 13.5. The van der Waals surface area contributed by atoms with Crippen LogP contribution in [0.1, 0.15) is 41.8 Å². The van der Waals surface area contributed by atoms with Crippen LogP contribution in [0, 0.1) is 12.7 Å². The lowest BCUT2D eigenvalue weighted by molar-refractivity contribution is 0.403. The first-order chi connectivity index (χ1) is 15.0. The Hall–Kier alpha value is -3.74. The van der Waals surface area contributed by atoms with Crippen molar-refractivity contribution in [1.29, 1.82) is 0 Å². The minimum Gasteiger partial charge on any atom is -0.437 e. The van der Waals surface area contributed by atoms with Gasteiger partial charge in [0.15, 0.2) is 5.75 Å². The van der Waals surface area contributed by atoms with E-state index >= 15 is 0 Å². The van der Waals surface area contributed by atoms with E-state index in [0.717, 1.165) is 5.56 Å². The summed E-state index contributed by atoms with van der Waals surface area (Å²) in [6.07, 6.45) is 0.503. The van der Waals surface area contributed by atoms with Crippen LogP contribution in [0.4, 0.5) is 4.39 Å². The molecule has 2 aromatic carbocycles. The largest absolute Gasteiger partial charge is 0.437 e. The van der Waals surface area contributed by atoms with E-state index in [4.69, 9.17) is 9.15 Å². The van der Waals surface area contributed by atoms with Gasteiger partial charge >= 0.3 is 5.63 Å². The molecule has 0 unspecified atom stereocenters. The summed E-state index contributed by atoms with van der Waals surface area (Å²) >= 11 is 0. The van der Waals surface area contributed by atoms with Crippen LogP contribution < -0.4 is 15.9 Å². The summed E-state index contributed by atoms with van der Waals surface area (Å²) < 4.78 is 26.3. The van der Waals surface area contributed by atoms with Gasteiger partial charge in [-0.05, 0) is 43.2 Å². The van der Waals surface area contributed by atoms with Crippen molar-refractivity contribution in [1.82, 2.24) is 9.55 Å². The van der Waals surface area contributed by atoms with E-state index in [1.54, 1.807) is 31.2 Å². The molecular formula is C24H19FN2O4. The number of nitrogens with zero attached hydrogens (tertiary/aromatic N) is 2. The number of aromatic nitrogens is 2. The third-order valence-electron chi connectivity index (χ3n) is 5.72. The molecule has 5 rings (SSSR count). The molecule has 2 aromatic heterocycles. The fraction of sp³-hybridized carbons (Fsp3) is 0.208. The Morgan fingerprint density at radius 1 is 1.06 bits per heavy atom. The van der Waals surface area contributed by atoms with Crippen molar-refractivity contribution >= 4 is 11.0 Å². The summed E-state index contributed by atoms with van der Waals surface area (Å²) in [5, 5.41) is 0.663. The molecule has 0 spiro atoms. The number of hydrogen-bond donors (Lipinski definition) is 0. The highest BCUT2D eigenvalue weighted by atomic mass is 19.1. The third kappa shape index (κ3) is 3.04. The first-order valence-corrected chi connectivity index (χ1v) is 10.1. The molecule has 0 saturated heterocycles. The van der Waals surface area contributed by atoms with Crippen molar-refractivity contribution in [2.24, 2.45) is 0 Å². The van der Waals surface area contributed by atoms with Crippen LogP contribution in [0.25, 0.3) is 11.0 Å². The second kappa shape index (κ2) is 7.19. The topological polar surface area (TPSA) is 74.3 Å². The maximum Gasteiger partial charge on any atom is 0.343 e. The highest BCUT2D eigenvalue weighted by Crippen LogP contribution is 2.44. The maximum absolute atomic E-state index is 13.5. The minimum atomic E-state index is -0.517. The number of rotatable bonds is 3. The molecular weight excluding hydrogens is 399 g/mol. The first-order valence-electron chi connectivity index (χ1n) is 10.1. The fourth-order valence-electron chi connectivity index (χ4n) is 4.18. The monoisotopic (exact) mass is 418 g/mol. The highest BCUT2D eigenvalue weighted by Gasteiger charge is 2.35. The van der Waals surface area contributed by atoms with Gasteiger partial charge in [-0.25, -0.2) is 9.18 Å². The van der Waals surface area contributed by atoms with Gasteiger partial charge in [0.2, 0.25) is 5.88 Å². The average molecular weight is 418 g/mol. The molecule has 156 valence electrons. The smallest absolute Gasteiger partial charge is 0.343 e. The number of hydrogen-bond acceptors (Lipinski definition) is 5. The van der Waals surface area contributed by atoms with Crippen molar-refractivity contribution in [3.63, 3.8) is 0 Å². The van der Waals surface area contributed by atoms with Gasteiger partial charge in [0.1, 0.15) is 17.2 Å². The van der Waals surface area contributed by atoms with Crippen LogP contribution in [-0.2, 0) is 6.54 Å². The van der Waals surface area contributed by atoms with Crippen LogP contribution >= 0.6 is 0 Å². The second-order valence-corrected chi connectivity index (χ2v) is 7.59. The summed E-state index contributed by atoms with van der Waals surface area (Å²) in [6.45, 7) is 3.87. The van der Waals surface area contributed by atoms with Crippen molar-refractivity contribution < 1.29 is 13.5 Å². The number of para-hydroxylation sites is 1. The minimum absolute atomic E-state index is 0.216. The van der Waals surface area contributed by atoms with Crippen LogP contribution in [0.3, 0.4) is 0 Å². The molecule has 7 heteroatoms. The SMILES string of the molecule is CC[C@H]1c2c(c3ccccc3oc2=O)Oc2nc(C)n(Cc3ccc(F)cc3)c(=O)c21. The van der Waals surface area contributed by atoms with E-state index in [1.165, 1.54) is 16.7 Å². The third-order valence-corrected chi connectivity index (χ3v) is 5.72. The average Bonchev–Trinajstić information content (AvgIpc) is 2.76. The summed E-state index contributed by atoms with van der Waals surface area (Å²) in [7, 11) is 0. The molecule has 0 fully saturated rings. The van der Waals surface area contributed by atoms with E-state index < -0.39 is 11.5 Å². The molecule has 4 aromatic rings. The number of fused-ring (bicyclic) bond motifs is 4. The Morgan fingerprint density at radius 2 is 1.81 bits per heavy atom. The molecule has 0 aliphatic carbocycles. The Labute approximate surface area is 176 Å². The lowest BCUT2D eigenvalue weighted by atomic mass is 9.88. The van der Waals surface area contributed by atoms with Gasteiger partial charge in [0, 0.05) is 5.92 Å². The van der Waals surface area contributed by atoms with Crippen molar-refractivity contribution in [2.75, 3.05) is 0 Å². The van der Waals surface area contributed by atoms with E-state index in [9.17, 15) is 14.0 Å². The number of ether oxygens (including phenoxy) is 1. The molecule has 0 bridgehead atoms. The quantitative estimate of drug-likeness (QED) is 0.458. The lowest BCUT2D eigenvalue weighted by Crippen LogP contribution is -2.33. The zero-order chi connectivity index (χ0) is 21.7. The van der Waals surface area contributed by atoms with Gasteiger partial charge in [-0.3, -0.25) is 9.36 Å². The normalized spacial score (nSPS) is 14.7. The van der Waals surface area contributed by atoms with Gasteiger partial charge in [-0.1, -0.05) is 31.2 Å². The molecule has 0 radical (unpaired) electrons. The second-order valence-electron chi connectivity index (χ2n) is 7.59. The van der Waals surface area contributed by atoms with E-state index in [0.29, 0.717) is 40.1 Å². The van der Waals surface area contributed by atoms with Crippen LogP contribution in [0.15, 0.2) is 62.5 Å². The van der Waals surface area contributed by atoms with Crippen LogP contribution in [-0.4, -0.2) is 9.55 Å². The molecule has 0 saturated carbocycles. The van der Waals surface area contributed by atoms with Gasteiger partial charge in [-0.15, -0.1) is 0 Å². The summed E-state index contributed by atoms with van der Waals surface area (Å²) in [5.41, 5.74) is 1.07. The van der Waals surface area contributed by atoms with Crippen molar-refractivity contribution in [2.45, 2.75) is 32.7 Å². The Bertz CT molecular complexity index is 1440. The molecule has 6 nitrogen and oxygen atoms in total. The van der Waals surface area contributed by atoms with Gasteiger partial charge < -0.3 is 9.15 Å². The fourth-order valence-corrected chi connectivity index (χ4v) is 4.18. The Balaban J connectivity index is 1.70. The van der Waals surface area contributed by atoms with Crippen molar-refractivity contribution in [3.05, 3.63) is 97.6 Å². The van der Waals surface area contributed by atoms with E-state index in [2.05, 4.69) is 4.98 Å². The van der Waals surface area contributed by atoms with Crippen LogP contribution in [0.2, 0.25) is 0 Å². The Kier molecular flexibility index (Phi) is 4.46. The Morgan fingerprint density at radius 3 is 2.55 bits per heavy atom. The molecule has 0 N–H and O–H groups in total. The zero-order valence-corrected chi connectivity index (χ0v) is 17.0. The van der Waals surface area contributed by atoms with Gasteiger partial charge in [0.05, 0.1) is 23.1 Å². The van der Waals surface area contributed by atoms with Gasteiger partial charge in [-0.2, -0.15) is 4.98 Å². The molecule has 1 atom stereocenters. The van der Waals surface area contributed by atoms with Crippen molar-refractivity contribution in [3.8, 4) is 11.6 Å². The highest BCUT2D eigenvalue weighted by molar-refractivity contribution is 5.85. The molecule has 3 heterocycles. The number of aryl methyl sites for hydroxylation is 1. The van der Waals surface area contributed by atoms with Crippen LogP contribution in [0.5, 0.6) is 11.6 Å². The van der Waals surface area contributed by atoms with E-state index in [1.807, 2.05) is 19.1 Å². The number of benzene rings is 2. The first kappa shape index (κ1) is 19.2. The number of halogens is 1. The summed E-state index contributed by atoms with van der Waals surface area (Å²) in [5.74, 6) is 0.242. The standard InChI is InChI=1S/C24H19FN2O4/c1-3-16-19-21(17-6-4-5-7-18(17)30-24(19)29)31-22-20(16)23(28)27(13(2)26-22)12-14-8-10-15(25)11-9-14/h4-11,16H,3,12H2,1-2H3/t16-/m0/s1. The molecule has 1 aliphatic heterocycles. The predicted molar refractivity (Wildman–Crippen MR) is 113 cm³/mol. The lowest BCUT2D eigenvalue weighted by Gasteiger charge is -2.27. The predicted octanol–water partition coefficient (Wildman–Crippen LogP) is 4.49. The summed E-state index contributed by atoms with van der Waals surface area (Å²) in [4.78, 5) is 30.9. The van der Waals surface area contributed by atoms with E-state index in [-0.39, 0.29) is 23.8 Å². The molecule has 1 aliphatic rings. The molecule has 31 heavy (non-hydrogen) atoms. The molecule has 0 amide bonds.